The van der Waals surface area contributed by atoms with Gasteiger partial charge in [0.25, 0.3) is 0 Å². The lowest BCUT2D eigenvalue weighted by Crippen LogP contribution is -2.38. The van der Waals surface area contributed by atoms with Crippen LogP contribution in [0, 0.1) is 22.7 Å². The Morgan fingerprint density at radius 2 is 2.06 bits per heavy atom. The molecule has 0 aromatic rings. The van der Waals surface area contributed by atoms with Gasteiger partial charge in [-0.05, 0) is 60.3 Å². The van der Waals surface area contributed by atoms with E-state index in [1.54, 1.807) is 0 Å². The Hall–Kier alpha value is -0.590. The standard InChI is InChI=1S/C17H27F/c1-12-9-15-7-6-8-17(15,10-12)16(4,5)11-13(2)14(3)18/h12,15H,2-3,6-11H2,1,4-5H3. The smallest absolute Gasteiger partial charge is 0.118 e. The van der Waals surface area contributed by atoms with Crippen LogP contribution in [0.25, 0.3) is 0 Å². The predicted molar refractivity (Wildman–Crippen MR) is 76.0 cm³/mol. The molecule has 0 radical (unpaired) electrons. The minimum atomic E-state index is -0.333. The van der Waals surface area contributed by atoms with Crippen LogP contribution in [-0.2, 0) is 0 Å². The van der Waals surface area contributed by atoms with Gasteiger partial charge in [0.15, 0.2) is 0 Å². The number of hydrogen-bond donors (Lipinski definition) is 0. The topological polar surface area (TPSA) is 0 Å². The molecule has 2 saturated carbocycles. The lowest BCUT2D eigenvalue weighted by atomic mass is 9.58. The molecule has 0 nitrogen and oxygen atoms in total. The van der Waals surface area contributed by atoms with Crippen LogP contribution < -0.4 is 0 Å². The van der Waals surface area contributed by atoms with Gasteiger partial charge in [-0.1, -0.05) is 40.3 Å². The third-order valence-electron chi connectivity index (χ3n) is 5.74. The second kappa shape index (κ2) is 4.51. The fraction of sp³-hybridized carbons (Fsp3) is 0.765. The van der Waals surface area contributed by atoms with Crippen molar-refractivity contribution in [1.29, 1.82) is 0 Å². The number of rotatable bonds is 4. The summed E-state index contributed by atoms with van der Waals surface area (Å²) in [6.45, 7) is 14.3. The quantitative estimate of drug-likeness (QED) is 0.565. The van der Waals surface area contributed by atoms with Gasteiger partial charge in [-0.3, -0.25) is 0 Å². The number of allylic oxidation sites excluding steroid dienone is 2. The SMILES string of the molecule is C=C(F)C(=C)CC(C)(C)C12CCCC1CC(C)C2. The Labute approximate surface area is 111 Å². The Kier molecular flexibility index (Phi) is 3.46. The zero-order valence-electron chi connectivity index (χ0n) is 12.2. The fourth-order valence-electron chi connectivity index (χ4n) is 4.92. The van der Waals surface area contributed by atoms with Gasteiger partial charge in [-0.25, -0.2) is 4.39 Å². The van der Waals surface area contributed by atoms with E-state index in [9.17, 15) is 4.39 Å². The van der Waals surface area contributed by atoms with Crippen molar-refractivity contribution in [2.45, 2.75) is 59.3 Å². The minimum Gasteiger partial charge on any atom is -0.207 e. The summed E-state index contributed by atoms with van der Waals surface area (Å²) >= 11 is 0. The molecule has 102 valence electrons. The maximum absolute atomic E-state index is 13.2. The fourth-order valence-corrected chi connectivity index (χ4v) is 4.92. The predicted octanol–water partition coefficient (Wildman–Crippen LogP) is 5.66. The van der Waals surface area contributed by atoms with E-state index in [0.29, 0.717) is 11.0 Å². The van der Waals surface area contributed by atoms with E-state index in [1.807, 2.05) is 0 Å². The molecule has 3 atom stereocenters. The highest BCUT2D eigenvalue weighted by Crippen LogP contribution is 2.65. The van der Waals surface area contributed by atoms with Gasteiger partial charge in [0.1, 0.15) is 5.83 Å². The summed E-state index contributed by atoms with van der Waals surface area (Å²) in [7, 11) is 0. The molecule has 0 N–H and O–H groups in total. The van der Waals surface area contributed by atoms with Crippen molar-refractivity contribution >= 4 is 0 Å². The van der Waals surface area contributed by atoms with Crippen LogP contribution in [0.5, 0.6) is 0 Å². The van der Waals surface area contributed by atoms with E-state index in [4.69, 9.17) is 0 Å². The average molecular weight is 250 g/mol. The molecule has 0 amide bonds. The lowest BCUT2D eigenvalue weighted by Gasteiger charge is -2.46. The molecule has 0 bridgehead atoms. The summed E-state index contributed by atoms with van der Waals surface area (Å²) in [5.41, 5.74) is 1.16. The zero-order chi connectivity index (χ0) is 13.6. The minimum absolute atomic E-state index is 0.144. The average Bonchev–Trinajstić information content (AvgIpc) is 2.73. The van der Waals surface area contributed by atoms with Crippen molar-refractivity contribution in [2.75, 3.05) is 0 Å². The first-order valence-electron chi connectivity index (χ1n) is 7.31. The molecule has 2 rings (SSSR count). The van der Waals surface area contributed by atoms with E-state index in [2.05, 4.69) is 33.9 Å². The van der Waals surface area contributed by atoms with Gasteiger partial charge in [-0.2, -0.15) is 0 Å². The summed E-state index contributed by atoms with van der Waals surface area (Å²) in [5.74, 6) is 1.35. The maximum atomic E-state index is 13.2. The van der Waals surface area contributed by atoms with E-state index >= 15 is 0 Å². The summed E-state index contributed by atoms with van der Waals surface area (Å²) in [5, 5.41) is 0. The van der Waals surface area contributed by atoms with E-state index in [-0.39, 0.29) is 11.2 Å². The molecule has 0 aliphatic heterocycles. The van der Waals surface area contributed by atoms with E-state index in [0.717, 1.165) is 18.3 Å². The highest BCUT2D eigenvalue weighted by molar-refractivity contribution is 5.22. The summed E-state index contributed by atoms with van der Waals surface area (Å²) in [4.78, 5) is 0. The van der Waals surface area contributed by atoms with Crippen molar-refractivity contribution in [3.63, 3.8) is 0 Å². The second-order valence-corrected chi connectivity index (χ2v) is 7.36. The van der Waals surface area contributed by atoms with Crippen molar-refractivity contribution in [3.8, 4) is 0 Å². The molecule has 2 aliphatic carbocycles. The third-order valence-corrected chi connectivity index (χ3v) is 5.74. The van der Waals surface area contributed by atoms with E-state index < -0.39 is 0 Å². The Balaban J connectivity index is 2.22. The lowest BCUT2D eigenvalue weighted by molar-refractivity contribution is 0.0442. The first kappa shape index (κ1) is 13.8. The normalized spacial score (nSPS) is 35.6. The zero-order valence-corrected chi connectivity index (χ0v) is 12.2. The highest BCUT2D eigenvalue weighted by atomic mass is 19.1. The van der Waals surface area contributed by atoms with Crippen LogP contribution in [0.15, 0.2) is 24.6 Å². The van der Waals surface area contributed by atoms with Crippen LogP contribution in [0.1, 0.15) is 59.3 Å². The molecule has 0 aromatic heterocycles. The molecule has 18 heavy (non-hydrogen) atoms. The van der Waals surface area contributed by atoms with Gasteiger partial charge >= 0.3 is 0 Å². The Morgan fingerprint density at radius 3 is 2.67 bits per heavy atom. The van der Waals surface area contributed by atoms with Crippen molar-refractivity contribution in [1.82, 2.24) is 0 Å². The van der Waals surface area contributed by atoms with Gasteiger partial charge in [0, 0.05) is 0 Å². The molecule has 0 spiro atoms. The van der Waals surface area contributed by atoms with Crippen LogP contribution in [0.4, 0.5) is 4.39 Å². The largest absolute Gasteiger partial charge is 0.207 e. The molecule has 3 unspecified atom stereocenters. The second-order valence-electron chi connectivity index (χ2n) is 7.36. The van der Waals surface area contributed by atoms with Crippen LogP contribution in [0.3, 0.4) is 0 Å². The highest BCUT2D eigenvalue weighted by Gasteiger charge is 2.56. The van der Waals surface area contributed by atoms with Gasteiger partial charge in [0.2, 0.25) is 0 Å². The Morgan fingerprint density at radius 1 is 1.39 bits per heavy atom. The summed E-state index contributed by atoms with van der Waals surface area (Å²) < 4.78 is 13.2. The molecule has 0 saturated heterocycles. The monoisotopic (exact) mass is 250 g/mol. The van der Waals surface area contributed by atoms with Crippen LogP contribution >= 0.6 is 0 Å². The first-order chi connectivity index (χ1) is 8.28. The van der Waals surface area contributed by atoms with Gasteiger partial charge in [0.05, 0.1) is 0 Å². The summed E-state index contributed by atoms with van der Waals surface area (Å²) in [6.07, 6.45) is 7.48. The molecular formula is C17H27F. The number of hydrogen-bond acceptors (Lipinski definition) is 0. The molecule has 0 heterocycles. The van der Waals surface area contributed by atoms with Crippen molar-refractivity contribution in [3.05, 3.63) is 24.6 Å². The molecular weight excluding hydrogens is 223 g/mol. The van der Waals surface area contributed by atoms with Gasteiger partial charge < -0.3 is 0 Å². The van der Waals surface area contributed by atoms with E-state index in [1.165, 1.54) is 32.1 Å². The molecule has 0 aromatic carbocycles. The number of halogens is 1. The molecule has 2 aliphatic rings. The molecule has 2 fully saturated rings. The number of fused-ring (bicyclic) bond motifs is 1. The third kappa shape index (κ3) is 2.06. The first-order valence-corrected chi connectivity index (χ1v) is 7.31. The van der Waals surface area contributed by atoms with Gasteiger partial charge in [-0.15, -0.1) is 0 Å². The summed E-state index contributed by atoms with van der Waals surface area (Å²) in [6, 6.07) is 0. The molecule has 1 heteroatoms. The maximum Gasteiger partial charge on any atom is 0.118 e. The van der Waals surface area contributed by atoms with Crippen LogP contribution in [0.2, 0.25) is 0 Å². The van der Waals surface area contributed by atoms with Crippen molar-refractivity contribution in [2.24, 2.45) is 22.7 Å². The van der Waals surface area contributed by atoms with Crippen LogP contribution in [-0.4, -0.2) is 0 Å². The van der Waals surface area contributed by atoms with Crippen molar-refractivity contribution < 1.29 is 4.39 Å². The Bertz CT molecular complexity index is 366.